The summed E-state index contributed by atoms with van der Waals surface area (Å²) in [5, 5.41) is 15.5. The monoisotopic (exact) mass is 594 g/mol. The third kappa shape index (κ3) is 14.2. The van der Waals surface area contributed by atoms with Crippen molar-refractivity contribution in [1.29, 1.82) is 0 Å². The third-order valence-corrected chi connectivity index (χ3v) is 6.04. The Morgan fingerprint density at radius 2 is 1.31 bits per heavy atom. The van der Waals surface area contributed by atoms with Crippen LogP contribution in [0.3, 0.4) is 0 Å². The predicted molar refractivity (Wildman–Crippen MR) is 150 cm³/mol. The molecule has 16 heteroatoms. The van der Waals surface area contributed by atoms with E-state index in [-0.39, 0.29) is 44.8 Å². The number of carbonyl (C=O) groups is 8. The molecule has 0 aromatic carbocycles. The number of nitrogens with two attached hydrogens (primary N) is 1. The SMILES string of the molecule is CC(=O)N[C@@H](CCC(=O)NCCNC(=O)CCN1C(=O)C=CC1=O)C(=O)N[C@H](C(=O)NCCCCNC(N)=O)C(C)C. The number of rotatable bonds is 19. The summed E-state index contributed by atoms with van der Waals surface area (Å²) in [7, 11) is 0. The first-order valence-corrected chi connectivity index (χ1v) is 13.8. The van der Waals surface area contributed by atoms with Gasteiger partial charge in [0.2, 0.25) is 29.5 Å². The van der Waals surface area contributed by atoms with Crippen molar-refractivity contribution >= 4 is 47.4 Å². The van der Waals surface area contributed by atoms with Gasteiger partial charge in [-0.3, -0.25) is 38.5 Å². The first-order valence-electron chi connectivity index (χ1n) is 13.8. The minimum atomic E-state index is -1.06. The highest BCUT2D eigenvalue weighted by Gasteiger charge is 2.28. The summed E-state index contributed by atoms with van der Waals surface area (Å²) in [6.07, 6.45) is 3.22. The summed E-state index contributed by atoms with van der Waals surface area (Å²) < 4.78 is 0. The number of hydrogen-bond donors (Lipinski definition) is 7. The van der Waals surface area contributed by atoms with Crippen molar-refractivity contribution in [3.63, 3.8) is 0 Å². The summed E-state index contributed by atoms with van der Waals surface area (Å²) in [5.41, 5.74) is 5.00. The number of amides is 9. The molecule has 0 bridgehead atoms. The number of imide groups is 1. The van der Waals surface area contributed by atoms with Crippen LogP contribution in [0.1, 0.15) is 52.9 Å². The normalized spacial score (nSPS) is 13.8. The number of carbonyl (C=O) groups excluding carboxylic acids is 8. The standard InChI is InChI=1S/C26H42N8O8/c1-16(2)23(25(41)30-11-4-5-12-31-26(27)42)33-24(40)18(32-17(3)35)6-7-19(36)28-13-14-29-20(37)10-15-34-21(38)8-9-22(34)39/h8-9,16,18,23H,4-7,10-15H2,1-3H3,(H,28,36)(H,29,37)(H,30,41)(H,32,35)(H,33,40)(H3,27,31,42)/t18-,23-/m0/s1. The minimum absolute atomic E-state index is 0.0329. The Labute approximate surface area is 244 Å². The second kappa shape index (κ2) is 18.8. The lowest BCUT2D eigenvalue weighted by Crippen LogP contribution is -2.55. The molecule has 0 unspecified atom stereocenters. The molecule has 2 atom stereocenters. The van der Waals surface area contributed by atoms with E-state index in [4.69, 9.17) is 5.73 Å². The van der Waals surface area contributed by atoms with Gasteiger partial charge in [-0.1, -0.05) is 13.8 Å². The van der Waals surface area contributed by atoms with Crippen molar-refractivity contribution in [2.75, 3.05) is 32.7 Å². The molecular formula is C26H42N8O8. The summed E-state index contributed by atoms with van der Waals surface area (Å²) in [5.74, 6) is -3.54. The molecule has 0 fully saturated rings. The van der Waals surface area contributed by atoms with E-state index in [1.54, 1.807) is 13.8 Å². The Hall–Kier alpha value is -4.50. The first kappa shape index (κ1) is 35.5. The molecule has 234 valence electrons. The molecule has 0 aliphatic carbocycles. The van der Waals surface area contributed by atoms with E-state index in [0.717, 1.165) is 17.1 Å². The van der Waals surface area contributed by atoms with Gasteiger partial charge in [0.15, 0.2) is 0 Å². The van der Waals surface area contributed by atoms with Gasteiger partial charge in [-0.25, -0.2) is 4.79 Å². The summed E-state index contributed by atoms with van der Waals surface area (Å²) in [4.78, 5) is 96.1. The number of nitrogens with one attached hydrogen (secondary N) is 6. The van der Waals surface area contributed by atoms with Crippen LogP contribution in [0.4, 0.5) is 4.79 Å². The van der Waals surface area contributed by atoms with Crippen molar-refractivity contribution in [2.24, 2.45) is 11.7 Å². The second-order valence-corrected chi connectivity index (χ2v) is 9.92. The van der Waals surface area contributed by atoms with Crippen molar-refractivity contribution < 1.29 is 38.4 Å². The molecule has 0 spiro atoms. The van der Waals surface area contributed by atoms with Crippen LogP contribution < -0.4 is 37.6 Å². The highest BCUT2D eigenvalue weighted by molar-refractivity contribution is 6.13. The van der Waals surface area contributed by atoms with Gasteiger partial charge in [0.25, 0.3) is 11.8 Å². The van der Waals surface area contributed by atoms with Gasteiger partial charge < -0.3 is 37.6 Å². The molecule has 0 aromatic heterocycles. The van der Waals surface area contributed by atoms with Gasteiger partial charge in [-0.05, 0) is 25.2 Å². The first-order chi connectivity index (χ1) is 19.8. The van der Waals surface area contributed by atoms with E-state index in [1.165, 1.54) is 6.92 Å². The molecule has 1 heterocycles. The van der Waals surface area contributed by atoms with Crippen LogP contribution in [0, 0.1) is 5.92 Å². The van der Waals surface area contributed by atoms with Crippen LogP contribution in [0.2, 0.25) is 0 Å². The topological polar surface area (TPSA) is 238 Å². The van der Waals surface area contributed by atoms with E-state index in [2.05, 4.69) is 31.9 Å². The summed E-state index contributed by atoms with van der Waals surface area (Å²) in [6.45, 7) is 5.59. The minimum Gasteiger partial charge on any atom is -0.354 e. The molecule has 42 heavy (non-hydrogen) atoms. The lowest BCUT2D eigenvalue weighted by atomic mass is 10.0. The fraction of sp³-hybridized carbons (Fsp3) is 0.615. The maximum atomic E-state index is 12.9. The molecule has 0 aromatic rings. The van der Waals surface area contributed by atoms with Crippen molar-refractivity contribution in [3.8, 4) is 0 Å². The number of nitrogens with zero attached hydrogens (tertiary/aromatic N) is 1. The van der Waals surface area contributed by atoms with Gasteiger partial charge in [0, 0.05) is 64.6 Å². The number of primary amides is 1. The number of hydrogen-bond acceptors (Lipinski definition) is 8. The van der Waals surface area contributed by atoms with E-state index < -0.39 is 59.5 Å². The molecule has 9 amide bonds. The van der Waals surface area contributed by atoms with Crippen LogP contribution in [0.15, 0.2) is 12.2 Å². The van der Waals surface area contributed by atoms with Crippen LogP contribution in [0.25, 0.3) is 0 Å². The molecule has 0 saturated heterocycles. The maximum Gasteiger partial charge on any atom is 0.312 e. The maximum absolute atomic E-state index is 12.9. The highest BCUT2D eigenvalue weighted by atomic mass is 16.2. The van der Waals surface area contributed by atoms with Crippen LogP contribution in [-0.2, 0) is 33.6 Å². The Kier molecular flexibility index (Phi) is 15.9. The Morgan fingerprint density at radius 1 is 0.762 bits per heavy atom. The van der Waals surface area contributed by atoms with Crippen molar-refractivity contribution in [1.82, 2.24) is 36.8 Å². The number of urea groups is 1. The molecular weight excluding hydrogens is 552 g/mol. The van der Waals surface area contributed by atoms with Crippen molar-refractivity contribution in [2.45, 2.75) is 65.0 Å². The fourth-order valence-electron chi connectivity index (χ4n) is 3.81. The fourth-order valence-corrected chi connectivity index (χ4v) is 3.81. The quantitative estimate of drug-likeness (QED) is 0.0623. The molecule has 1 rings (SSSR count). The zero-order chi connectivity index (χ0) is 31.7. The van der Waals surface area contributed by atoms with Gasteiger partial charge in [0.05, 0.1) is 0 Å². The van der Waals surface area contributed by atoms with E-state index >= 15 is 0 Å². The summed E-state index contributed by atoms with van der Waals surface area (Å²) >= 11 is 0. The average Bonchev–Trinajstić information content (AvgIpc) is 3.23. The zero-order valence-electron chi connectivity index (χ0n) is 24.2. The molecule has 0 radical (unpaired) electrons. The van der Waals surface area contributed by atoms with Gasteiger partial charge in [0.1, 0.15) is 12.1 Å². The highest BCUT2D eigenvalue weighted by Crippen LogP contribution is 2.06. The van der Waals surface area contributed by atoms with Gasteiger partial charge in [-0.15, -0.1) is 0 Å². The molecule has 1 aliphatic heterocycles. The van der Waals surface area contributed by atoms with Gasteiger partial charge >= 0.3 is 6.03 Å². The molecule has 16 nitrogen and oxygen atoms in total. The van der Waals surface area contributed by atoms with E-state index in [9.17, 15) is 38.4 Å². The number of unbranched alkanes of at least 4 members (excludes halogenated alkanes) is 1. The van der Waals surface area contributed by atoms with Crippen LogP contribution >= 0.6 is 0 Å². The van der Waals surface area contributed by atoms with E-state index in [1.807, 2.05) is 0 Å². The molecule has 8 N–H and O–H groups in total. The summed E-state index contributed by atoms with van der Waals surface area (Å²) in [6, 6.07) is -2.57. The Morgan fingerprint density at radius 3 is 1.83 bits per heavy atom. The zero-order valence-corrected chi connectivity index (χ0v) is 24.2. The van der Waals surface area contributed by atoms with Crippen LogP contribution in [0.5, 0.6) is 0 Å². The van der Waals surface area contributed by atoms with Crippen molar-refractivity contribution in [3.05, 3.63) is 12.2 Å². The van der Waals surface area contributed by atoms with Gasteiger partial charge in [-0.2, -0.15) is 0 Å². The predicted octanol–water partition coefficient (Wildman–Crippen LogP) is -2.48. The smallest absolute Gasteiger partial charge is 0.312 e. The Balaban J connectivity index is 2.44. The van der Waals surface area contributed by atoms with Crippen LogP contribution in [-0.4, -0.2) is 97.1 Å². The average molecular weight is 595 g/mol. The third-order valence-electron chi connectivity index (χ3n) is 6.04. The Bertz CT molecular complexity index is 1030. The molecule has 0 saturated carbocycles. The largest absolute Gasteiger partial charge is 0.354 e. The molecule has 1 aliphatic rings. The second-order valence-electron chi connectivity index (χ2n) is 9.92. The lowest BCUT2D eigenvalue weighted by Gasteiger charge is -2.25. The lowest BCUT2D eigenvalue weighted by molar-refractivity contribution is -0.137. The van der Waals surface area contributed by atoms with E-state index in [0.29, 0.717) is 25.9 Å².